The van der Waals surface area contributed by atoms with Crippen LogP contribution in [0.2, 0.25) is 5.02 Å². The first kappa shape index (κ1) is 18.5. The SMILES string of the molecule is COCCn1c(SCC(=O)N2CCOC(C)C2)nc2cc(Cl)ccc21. The molecule has 0 bridgehead atoms. The van der Waals surface area contributed by atoms with Crippen LogP contribution in [0.15, 0.2) is 23.4 Å². The van der Waals surface area contributed by atoms with E-state index in [1.807, 2.05) is 30.0 Å². The smallest absolute Gasteiger partial charge is 0.233 e. The topological polar surface area (TPSA) is 56.6 Å². The number of hydrogen-bond donors (Lipinski definition) is 0. The van der Waals surface area contributed by atoms with E-state index in [0.717, 1.165) is 16.2 Å². The summed E-state index contributed by atoms with van der Waals surface area (Å²) in [6.07, 6.45) is 0.0936. The van der Waals surface area contributed by atoms with Gasteiger partial charge in [0.1, 0.15) is 0 Å². The zero-order chi connectivity index (χ0) is 17.8. The van der Waals surface area contributed by atoms with Crippen molar-refractivity contribution < 1.29 is 14.3 Å². The molecule has 2 aromatic rings. The molecule has 1 amide bonds. The Bertz CT molecular complexity index is 752. The van der Waals surface area contributed by atoms with Crippen molar-refractivity contribution in [1.29, 1.82) is 0 Å². The number of rotatable bonds is 6. The zero-order valence-corrected chi connectivity index (χ0v) is 16.0. The van der Waals surface area contributed by atoms with Gasteiger partial charge in [0.2, 0.25) is 5.91 Å². The monoisotopic (exact) mass is 383 g/mol. The first-order valence-electron chi connectivity index (χ1n) is 8.25. The summed E-state index contributed by atoms with van der Waals surface area (Å²) in [7, 11) is 1.67. The van der Waals surface area contributed by atoms with Crippen molar-refractivity contribution in [2.45, 2.75) is 24.7 Å². The fraction of sp³-hybridized carbons (Fsp3) is 0.529. The highest BCUT2D eigenvalue weighted by atomic mass is 35.5. The zero-order valence-electron chi connectivity index (χ0n) is 14.4. The molecule has 0 saturated carbocycles. The first-order chi connectivity index (χ1) is 12.1. The molecule has 1 aliphatic heterocycles. The largest absolute Gasteiger partial charge is 0.383 e. The molecule has 0 spiro atoms. The predicted molar refractivity (Wildman–Crippen MR) is 99.3 cm³/mol. The number of fused-ring (bicyclic) bond motifs is 1. The quantitative estimate of drug-likeness (QED) is 0.718. The molecule has 0 N–H and O–H groups in total. The molecular weight excluding hydrogens is 362 g/mol. The lowest BCUT2D eigenvalue weighted by atomic mass is 10.3. The summed E-state index contributed by atoms with van der Waals surface area (Å²) < 4.78 is 12.8. The lowest BCUT2D eigenvalue weighted by Crippen LogP contribution is -2.45. The first-order valence-corrected chi connectivity index (χ1v) is 9.61. The Labute approximate surface area is 156 Å². The summed E-state index contributed by atoms with van der Waals surface area (Å²) in [5.74, 6) is 0.472. The third-order valence-corrected chi connectivity index (χ3v) is 5.31. The molecule has 2 heterocycles. The van der Waals surface area contributed by atoms with E-state index < -0.39 is 0 Å². The average molecular weight is 384 g/mol. The van der Waals surface area contributed by atoms with Gasteiger partial charge in [-0.3, -0.25) is 4.79 Å². The summed E-state index contributed by atoms with van der Waals surface area (Å²) >= 11 is 7.53. The van der Waals surface area contributed by atoms with E-state index in [-0.39, 0.29) is 12.0 Å². The van der Waals surface area contributed by atoms with Crippen LogP contribution in [0, 0.1) is 0 Å². The number of halogens is 1. The van der Waals surface area contributed by atoms with Gasteiger partial charge < -0.3 is 18.9 Å². The molecule has 136 valence electrons. The van der Waals surface area contributed by atoms with E-state index in [0.29, 0.717) is 43.6 Å². The summed E-state index contributed by atoms with van der Waals surface area (Å²) in [4.78, 5) is 19.0. The van der Waals surface area contributed by atoms with Crippen molar-refractivity contribution in [3.63, 3.8) is 0 Å². The number of methoxy groups -OCH3 is 1. The molecule has 0 aliphatic carbocycles. The minimum Gasteiger partial charge on any atom is -0.383 e. The molecular formula is C17H22ClN3O3S. The number of thioether (sulfide) groups is 1. The van der Waals surface area contributed by atoms with E-state index in [4.69, 9.17) is 21.1 Å². The van der Waals surface area contributed by atoms with E-state index in [9.17, 15) is 4.79 Å². The normalized spacial score (nSPS) is 18.0. The third kappa shape index (κ3) is 4.47. The van der Waals surface area contributed by atoms with Crippen LogP contribution in [0.3, 0.4) is 0 Å². The van der Waals surface area contributed by atoms with Crippen LogP contribution >= 0.6 is 23.4 Å². The Morgan fingerprint density at radius 3 is 3.12 bits per heavy atom. The van der Waals surface area contributed by atoms with Crippen molar-refractivity contribution in [3.8, 4) is 0 Å². The van der Waals surface area contributed by atoms with Crippen LogP contribution in [0.4, 0.5) is 0 Å². The van der Waals surface area contributed by atoms with Gasteiger partial charge in [-0.05, 0) is 25.1 Å². The Hall–Kier alpha value is -1.28. The molecule has 1 fully saturated rings. The van der Waals surface area contributed by atoms with Gasteiger partial charge in [0.05, 0.1) is 36.1 Å². The van der Waals surface area contributed by atoms with Gasteiger partial charge >= 0.3 is 0 Å². The number of ether oxygens (including phenoxy) is 2. The standard InChI is InChI=1S/C17H22ClN3O3S/c1-12-10-20(5-8-24-12)16(22)11-25-17-19-14-9-13(18)3-4-15(14)21(17)6-7-23-2/h3-4,9,12H,5-8,10-11H2,1-2H3. The average Bonchev–Trinajstić information content (AvgIpc) is 2.94. The number of imidazole rings is 1. The fourth-order valence-corrected chi connectivity index (χ4v) is 3.96. The second-order valence-corrected chi connectivity index (χ2v) is 7.36. The molecule has 8 heteroatoms. The van der Waals surface area contributed by atoms with Crippen LogP contribution in [-0.2, 0) is 20.8 Å². The molecule has 1 aromatic carbocycles. The second kappa shape index (κ2) is 8.40. The number of carbonyl (C=O) groups is 1. The number of aromatic nitrogens is 2. The van der Waals surface area contributed by atoms with Crippen molar-refractivity contribution in [3.05, 3.63) is 23.2 Å². The molecule has 6 nitrogen and oxygen atoms in total. The Kier molecular flexibility index (Phi) is 6.22. The van der Waals surface area contributed by atoms with Gasteiger partial charge in [-0.2, -0.15) is 0 Å². The highest BCUT2D eigenvalue weighted by Crippen LogP contribution is 2.26. The Morgan fingerprint density at radius 2 is 2.36 bits per heavy atom. The van der Waals surface area contributed by atoms with Crippen LogP contribution in [-0.4, -0.2) is 65.6 Å². The molecule has 3 rings (SSSR count). The van der Waals surface area contributed by atoms with Crippen LogP contribution in [0.1, 0.15) is 6.92 Å². The van der Waals surface area contributed by atoms with Gasteiger partial charge in [-0.25, -0.2) is 4.98 Å². The van der Waals surface area contributed by atoms with Gasteiger partial charge in [-0.15, -0.1) is 0 Å². The summed E-state index contributed by atoms with van der Waals surface area (Å²) in [6, 6.07) is 5.65. The summed E-state index contributed by atoms with van der Waals surface area (Å²) in [6.45, 7) is 5.15. The third-order valence-electron chi connectivity index (χ3n) is 4.11. The van der Waals surface area contributed by atoms with Crippen LogP contribution < -0.4 is 0 Å². The number of carbonyl (C=O) groups excluding carboxylic acids is 1. The molecule has 25 heavy (non-hydrogen) atoms. The summed E-state index contributed by atoms with van der Waals surface area (Å²) in [5, 5.41) is 1.46. The van der Waals surface area contributed by atoms with Gasteiger partial charge in [-0.1, -0.05) is 23.4 Å². The highest BCUT2D eigenvalue weighted by Gasteiger charge is 2.22. The van der Waals surface area contributed by atoms with Gasteiger partial charge in [0, 0.05) is 31.8 Å². The Balaban J connectivity index is 1.74. The predicted octanol–water partition coefficient (Wildman–Crippen LogP) is 2.68. The lowest BCUT2D eigenvalue weighted by molar-refractivity contribution is -0.135. The van der Waals surface area contributed by atoms with Gasteiger partial charge in [0.25, 0.3) is 0 Å². The molecule has 0 radical (unpaired) electrons. The van der Waals surface area contributed by atoms with E-state index >= 15 is 0 Å². The fourth-order valence-electron chi connectivity index (χ4n) is 2.85. The van der Waals surface area contributed by atoms with Gasteiger partial charge in [0.15, 0.2) is 5.16 Å². The number of hydrogen-bond acceptors (Lipinski definition) is 5. The van der Waals surface area contributed by atoms with Crippen LogP contribution in [0.5, 0.6) is 0 Å². The second-order valence-electron chi connectivity index (χ2n) is 5.98. The van der Waals surface area contributed by atoms with Crippen molar-refractivity contribution in [2.24, 2.45) is 0 Å². The van der Waals surface area contributed by atoms with Crippen molar-refractivity contribution >= 4 is 40.3 Å². The maximum Gasteiger partial charge on any atom is 0.233 e. The molecule has 1 unspecified atom stereocenters. The highest BCUT2D eigenvalue weighted by molar-refractivity contribution is 7.99. The number of benzene rings is 1. The van der Waals surface area contributed by atoms with E-state index in [1.165, 1.54) is 11.8 Å². The van der Waals surface area contributed by atoms with Crippen molar-refractivity contribution in [2.75, 3.05) is 39.2 Å². The van der Waals surface area contributed by atoms with E-state index in [2.05, 4.69) is 9.55 Å². The van der Waals surface area contributed by atoms with E-state index in [1.54, 1.807) is 7.11 Å². The maximum atomic E-state index is 12.5. The molecule has 1 atom stereocenters. The number of morpholine rings is 1. The molecule has 1 saturated heterocycles. The summed E-state index contributed by atoms with van der Waals surface area (Å²) in [5.41, 5.74) is 1.83. The van der Waals surface area contributed by atoms with Crippen molar-refractivity contribution in [1.82, 2.24) is 14.5 Å². The minimum absolute atomic E-state index is 0.0936. The Morgan fingerprint density at radius 1 is 1.52 bits per heavy atom. The number of amides is 1. The van der Waals surface area contributed by atoms with Crippen LogP contribution in [0.25, 0.3) is 11.0 Å². The number of nitrogens with zero attached hydrogens (tertiary/aromatic N) is 3. The minimum atomic E-state index is 0.0936. The lowest BCUT2D eigenvalue weighted by Gasteiger charge is -2.31. The maximum absolute atomic E-state index is 12.5. The molecule has 1 aliphatic rings. The molecule has 1 aromatic heterocycles.